The van der Waals surface area contributed by atoms with E-state index in [1.54, 1.807) is 0 Å². The van der Waals surface area contributed by atoms with E-state index in [9.17, 15) is 0 Å². The van der Waals surface area contributed by atoms with Gasteiger partial charge in [0.2, 0.25) is 5.95 Å². The Bertz CT molecular complexity index is 656. The smallest absolute Gasteiger partial charge is 0.222 e. The highest BCUT2D eigenvalue weighted by atomic mass is 35.5. The van der Waals surface area contributed by atoms with Crippen LogP contribution < -0.4 is 23.9 Å². The Morgan fingerprint density at radius 3 is 2.23 bits per heavy atom. The summed E-state index contributed by atoms with van der Waals surface area (Å²) in [5.74, 6) is 0.585. The van der Waals surface area contributed by atoms with Gasteiger partial charge in [-0.05, 0) is 24.6 Å². The number of anilines is 2. The first-order valence-electron chi connectivity index (χ1n) is 6.64. The molecule has 0 bridgehead atoms. The average Bonchev–Trinajstić information content (AvgIpc) is 2.37. The van der Waals surface area contributed by atoms with Gasteiger partial charge < -0.3 is 23.9 Å². The lowest BCUT2D eigenvalue weighted by Crippen LogP contribution is -3.00. The van der Waals surface area contributed by atoms with E-state index in [0.29, 0.717) is 5.82 Å². The van der Waals surface area contributed by atoms with Gasteiger partial charge in [0.05, 0.1) is 5.69 Å². The first kappa shape index (κ1) is 18.3. The topological polar surface area (TPSA) is 77.8 Å². The van der Waals surface area contributed by atoms with Gasteiger partial charge in [0.25, 0.3) is 0 Å². The molecule has 0 saturated carbocycles. The Morgan fingerprint density at radius 2 is 1.68 bits per heavy atom. The number of nitrogen functional groups attached to an aromatic ring is 2. The number of hydrogen-bond donors (Lipinski definition) is 2. The molecule has 0 fully saturated rings. The minimum Gasteiger partial charge on any atom is -1.00 e. The third-order valence-electron chi connectivity index (χ3n) is 3.44. The second-order valence-corrected chi connectivity index (χ2v) is 5.96. The Labute approximate surface area is 142 Å². The third-order valence-corrected chi connectivity index (χ3v) is 3.69. The molecule has 0 saturated heterocycles. The minimum absolute atomic E-state index is 0. The Balaban J connectivity index is 0.00000242. The molecule has 4 nitrogen and oxygen atoms in total. The van der Waals surface area contributed by atoms with Crippen molar-refractivity contribution in [1.29, 1.82) is 0 Å². The zero-order valence-corrected chi connectivity index (χ0v) is 14.3. The third kappa shape index (κ3) is 4.12. The van der Waals surface area contributed by atoms with E-state index in [0.717, 1.165) is 21.8 Å². The lowest BCUT2D eigenvalue weighted by atomic mass is 9.84. The molecule has 0 aliphatic heterocycles. The second kappa shape index (κ2) is 6.99. The molecule has 0 atom stereocenters. The van der Waals surface area contributed by atoms with Gasteiger partial charge in [-0.25, -0.2) is 4.98 Å². The number of aryl methyl sites for hydroxylation is 1. The molecule has 2 rings (SSSR count). The van der Waals surface area contributed by atoms with E-state index in [4.69, 9.17) is 23.1 Å². The normalized spacial score (nSPS) is 11.5. The van der Waals surface area contributed by atoms with Crippen LogP contribution in [0.1, 0.15) is 30.7 Å². The van der Waals surface area contributed by atoms with Crippen LogP contribution in [-0.2, 0) is 5.41 Å². The molecule has 0 amide bonds. The Kier molecular flexibility index (Phi) is 5.80. The van der Waals surface area contributed by atoms with Gasteiger partial charge in [-0.3, -0.25) is 0 Å². The van der Waals surface area contributed by atoms with Crippen LogP contribution in [0.4, 0.5) is 11.8 Å². The molecule has 0 unspecified atom stereocenters. The zero-order valence-electron chi connectivity index (χ0n) is 12.8. The highest BCUT2D eigenvalue weighted by Gasteiger charge is 2.17. The highest BCUT2D eigenvalue weighted by molar-refractivity contribution is 6.30. The molecule has 2 aromatic rings. The van der Waals surface area contributed by atoms with Crippen molar-refractivity contribution in [3.05, 3.63) is 52.2 Å². The fraction of sp³-hybridized carbons (Fsp3) is 0.250. The molecule has 0 aliphatic rings. The lowest BCUT2D eigenvalue weighted by molar-refractivity contribution is -0.00000480. The van der Waals surface area contributed by atoms with Crippen molar-refractivity contribution < 1.29 is 12.4 Å². The summed E-state index contributed by atoms with van der Waals surface area (Å²) in [6, 6.07) is 7.81. The number of rotatable bonds is 3. The SMILES string of the molecule is Cc1nc(N)nc(N)c1/C=C/C(C)(C)c1ccc(Cl)cc1.[Cl-]. The largest absolute Gasteiger partial charge is 1.00 e. The molecule has 0 spiro atoms. The fourth-order valence-electron chi connectivity index (χ4n) is 2.10. The van der Waals surface area contributed by atoms with Crippen LogP contribution in [-0.4, -0.2) is 9.97 Å². The van der Waals surface area contributed by atoms with Gasteiger partial charge in [0, 0.05) is 16.0 Å². The van der Waals surface area contributed by atoms with Crippen LogP contribution in [0.3, 0.4) is 0 Å². The Morgan fingerprint density at radius 1 is 1.09 bits per heavy atom. The van der Waals surface area contributed by atoms with Crippen LogP contribution in [0.25, 0.3) is 6.08 Å². The summed E-state index contributed by atoms with van der Waals surface area (Å²) in [6.07, 6.45) is 4.02. The maximum atomic E-state index is 5.93. The highest BCUT2D eigenvalue weighted by Crippen LogP contribution is 2.28. The monoisotopic (exact) mass is 337 g/mol. The van der Waals surface area contributed by atoms with E-state index < -0.39 is 0 Å². The van der Waals surface area contributed by atoms with Crippen molar-refractivity contribution in [3.8, 4) is 0 Å². The first-order chi connectivity index (χ1) is 9.79. The molecule has 1 aromatic carbocycles. The quantitative estimate of drug-likeness (QED) is 0.859. The second-order valence-electron chi connectivity index (χ2n) is 5.53. The molecule has 4 N–H and O–H groups in total. The number of nitrogens with zero attached hydrogens (tertiary/aromatic N) is 2. The van der Waals surface area contributed by atoms with Gasteiger partial charge in [-0.2, -0.15) is 4.98 Å². The first-order valence-corrected chi connectivity index (χ1v) is 7.02. The molecule has 118 valence electrons. The number of hydrogen-bond acceptors (Lipinski definition) is 4. The summed E-state index contributed by atoms with van der Waals surface area (Å²) < 4.78 is 0. The summed E-state index contributed by atoms with van der Waals surface area (Å²) in [5, 5.41) is 0.727. The molecule has 22 heavy (non-hydrogen) atoms. The minimum atomic E-state index is -0.162. The average molecular weight is 338 g/mol. The van der Waals surface area contributed by atoms with Crippen molar-refractivity contribution >= 4 is 29.4 Å². The van der Waals surface area contributed by atoms with E-state index in [1.165, 1.54) is 0 Å². The molecule has 0 radical (unpaired) electrons. The summed E-state index contributed by atoms with van der Waals surface area (Å²) in [5.41, 5.74) is 14.1. The maximum Gasteiger partial charge on any atom is 0.222 e. The van der Waals surface area contributed by atoms with Gasteiger partial charge in [0.15, 0.2) is 0 Å². The van der Waals surface area contributed by atoms with E-state index in [-0.39, 0.29) is 23.8 Å². The summed E-state index contributed by atoms with van der Waals surface area (Å²) in [4.78, 5) is 8.13. The van der Waals surface area contributed by atoms with Crippen molar-refractivity contribution in [2.75, 3.05) is 11.5 Å². The molecule has 1 aromatic heterocycles. The standard InChI is InChI=1S/C16H19ClN4.ClH/c1-10-13(14(18)21-15(19)20-10)8-9-16(2,3)11-4-6-12(17)7-5-11;/h4-9H,1-3H3,(H4,18,19,20,21);1H/p-1/b9-8+;. The number of benzene rings is 1. The van der Waals surface area contributed by atoms with Crippen molar-refractivity contribution in [2.45, 2.75) is 26.2 Å². The van der Waals surface area contributed by atoms with Crippen LogP contribution in [0.2, 0.25) is 5.02 Å². The molecule has 1 heterocycles. The summed E-state index contributed by atoms with van der Waals surface area (Å²) in [7, 11) is 0. The molecular weight excluding hydrogens is 319 g/mol. The van der Waals surface area contributed by atoms with Crippen LogP contribution in [0.15, 0.2) is 30.3 Å². The van der Waals surface area contributed by atoms with Crippen LogP contribution in [0.5, 0.6) is 0 Å². The van der Waals surface area contributed by atoms with Crippen LogP contribution >= 0.6 is 11.6 Å². The predicted octanol–water partition coefficient (Wildman–Crippen LogP) is 0.598. The summed E-state index contributed by atoms with van der Waals surface area (Å²) in [6.45, 7) is 6.11. The van der Waals surface area contributed by atoms with Crippen LogP contribution in [0, 0.1) is 6.92 Å². The fourth-order valence-corrected chi connectivity index (χ4v) is 2.23. The number of nitrogens with two attached hydrogens (primary N) is 2. The van der Waals surface area contributed by atoms with Gasteiger partial charge in [-0.15, -0.1) is 0 Å². The summed E-state index contributed by atoms with van der Waals surface area (Å²) >= 11 is 5.93. The van der Waals surface area contributed by atoms with E-state index >= 15 is 0 Å². The van der Waals surface area contributed by atoms with Crippen molar-refractivity contribution in [1.82, 2.24) is 9.97 Å². The molecule has 6 heteroatoms. The number of aromatic nitrogens is 2. The lowest BCUT2D eigenvalue weighted by Gasteiger charge is -2.21. The van der Waals surface area contributed by atoms with Crippen molar-refractivity contribution in [2.24, 2.45) is 0 Å². The van der Waals surface area contributed by atoms with Crippen molar-refractivity contribution in [3.63, 3.8) is 0 Å². The maximum absolute atomic E-state index is 5.93. The van der Waals surface area contributed by atoms with E-state index in [2.05, 4.69) is 29.9 Å². The van der Waals surface area contributed by atoms with Gasteiger partial charge >= 0.3 is 0 Å². The zero-order chi connectivity index (χ0) is 15.6. The molecule has 0 aliphatic carbocycles. The number of halogens is 2. The van der Waals surface area contributed by atoms with E-state index in [1.807, 2.05) is 37.3 Å². The van der Waals surface area contributed by atoms with Gasteiger partial charge in [0.1, 0.15) is 5.82 Å². The van der Waals surface area contributed by atoms with Gasteiger partial charge in [-0.1, -0.05) is 49.7 Å². The number of allylic oxidation sites excluding steroid dienone is 1. The predicted molar refractivity (Wildman–Crippen MR) is 89.1 cm³/mol. The Hall–Kier alpha value is -1.78. The molecular formula is C16H19Cl2N4-.